The van der Waals surface area contributed by atoms with Gasteiger partial charge in [-0.05, 0) is 36.8 Å². The zero-order valence-electron chi connectivity index (χ0n) is 30.4. The number of fused-ring (bicyclic) bond motifs is 1. The molecule has 2 heterocycles. The van der Waals surface area contributed by atoms with E-state index >= 15 is 0 Å². The molecule has 1 aliphatic heterocycles. The Hall–Kier alpha value is -5.18. The van der Waals surface area contributed by atoms with E-state index in [0.29, 0.717) is 40.9 Å². The average molecular weight is 748 g/mol. The van der Waals surface area contributed by atoms with Crippen LogP contribution in [0.5, 0.6) is 11.5 Å². The standard InChI is InChI=1S/C38H45N5O9S/c1-7-24-20-38(24,35(46)42-53(48,49)26-14-15-26)41-33(44)23-17-31(43(21-23)34(45)32(37(2,3)4)40-36(47)51-6)52-30-19-28(22-11-9-8-10-12-22)39-29-18-25(50-5)13-16-27(29)30/h7-13,16,18-19,23-24,26,31-32H,1,14-15,17,20-21H2,2-6H3,(H,40,47)(H,41,44)(H,42,46)/t23-,24-,31+,32-,38-/m1/s1. The second kappa shape index (κ2) is 14.3. The lowest BCUT2D eigenvalue weighted by molar-refractivity contribution is -0.141. The summed E-state index contributed by atoms with van der Waals surface area (Å²) in [6.07, 6.45) is 0.830. The van der Waals surface area contributed by atoms with E-state index in [1.165, 1.54) is 18.1 Å². The number of alkyl carbamates (subject to hydrolysis) is 1. The van der Waals surface area contributed by atoms with Gasteiger partial charge in [0.25, 0.3) is 5.91 Å². The molecule has 2 saturated carbocycles. The number of amides is 4. The predicted molar refractivity (Wildman–Crippen MR) is 196 cm³/mol. The maximum atomic E-state index is 14.4. The van der Waals surface area contributed by atoms with E-state index < -0.39 is 74.1 Å². The van der Waals surface area contributed by atoms with Crippen LogP contribution in [0.25, 0.3) is 22.2 Å². The summed E-state index contributed by atoms with van der Waals surface area (Å²) in [6, 6.07) is 15.5. The molecule has 14 nitrogen and oxygen atoms in total. The van der Waals surface area contributed by atoms with E-state index in [1.54, 1.807) is 52.1 Å². The molecule has 53 heavy (non-hydrogen) atoms. The van der Waals surface area contributed by atoms with E-state index in [1.807, 2.05) is 30.3 Å². The fourth-order valence-electron chi connectivity index (χ4n) is 6.67. The summed E-state index contributed by atoms with van der Waals surface area (Å²) in [5.41, 5.74) is -0.285. The first kappa shape index (κ1) is 37.6. The smallest absolute Gasteiger partial charge is 0.407 e. The van der Waals surface area contributed by atoms with Crippen LogP contribution in [-0.4, -0.2) is 85.9 Å². The number of carbonyl (C=O) groups is 4. The monoisotopic (exact) mass is 747 g/mol. The van der Waals surface area contributed by atoms with Crippen LogP contribution in [0.1, 0.15) is 46.5 Å². The number of hydrogen-bond acceptors (Lipinski definition) is 10. The minimum atomic E-state index is -3.88. The molecule has 6 rings (SSSR count). The summed E-state index contributed by atoms with van der Waals surface area (Å²) >= 11 is 0. The molecule has 0 radical (unpaired) electrons. The number of benzene rings is 2. The van der Waals surface area contributed by atoms with Crippen LogP contribution >= 0.6 is 0 Å². The van der Waals surface area contributed by atoms with Gasteiger partial charge in [0.2, 0.25) is 21.8 Å². The molecule has 4 amide bonds. The number of nitrogens with zero attached hydrogens (tertiary/aromatic N) is 2. The van der Waals surface area contributed by atoms with Crippen molar-refractivity contribution < 1.29 is 41.8 Å². The van der Waals surface area contributed by atoms with Crippen LogP contribution in [0.15, 0.2) is 67.3 Å². The summed E-state index contributed by atoms with van der Waals surface area (Å²) in [6.45, 7) is 9.02. The Bertz CT molecular complexity index is 2050. The largest absolute Gasteiger partial charge is 0.497 e. The molecule has 1 aromatic heterocycles. The zero-order chi connectivity index (χ0) is 38.3. The molecule has 0 unspecified atom stereocenters. The topological polar surface area (TPSA) is 182 Å². The summed E-state index contributed by atoms with van der Waals surface area (Å²) in [5.74, 6) is -2.27. The van der Waals surface area contributed by atoms with Gasteiger partial charge in [-0.25, -0.2) is 18.2 Å². The van der Waals surface area contributed by atoms with E-state index in [-0.39, 0.29) is 19.4 Å². The average Bonchev–Trinajstić information content (AvgIpc) is 4.06. The minimum Gasteiger partial charge on any atom is -0.497 e. The van der Waals surface area contributed by atoms with E-state index in [2.05, 4.69) is 21.9 Å². The van der Waals surface area contributed by atoms with Crippen LogP contribution < -0.4 is 24.8 Å². The zero-order valence-corrected chi connectivity index (χ0v) is 31.2. The molecule has 5 atom stereocenters. The quantitative estimate of drug-likeness (QED) is 0.230. The van der Waals surface area contributed by atoms with Gasteiger partial charge in [0, 0.05) is 42.0 Å². The third kappa shape index (κ3) is 7.80. The number of hydrogen-bond donors (Lipinski definition) is 3. The number of carbonyl (C=O) groups excluding carboxylic acids is 4. The molecule has 1 saturated heterocycles. The molecule has 0 spiro atoms. The molecule has 3 aromatic rings. The van der Waals surface area contributed by atoms with Crippen molar-refractivity contribution in [3.63, 3.8) is 0 Å². The van der Waals surface area contributed by atoms with Gasteiger partial charge in [-0.2, -0.15) is 0 Å². The van der Waals surface area contributed by atoms with Gasteiger partial charge in [-0.3, -0.25) is 19.1 Å². The third-order valence-corrected chi connectivity index (χ3v) is 11.8. The molecule has 15 heteroatoms. The van der Waals surface area contributed by atoms with Gasteiger partial charge >= 0.3 is 6.09 Å². The molecule has 3 N–H and O–H groups in total. The number of likely N-dealkylation sites (tertiary alicyclic amines) is 1. The summed E-state index contributed by atoms with van der Waals surface area (Å²) in [5, 5.41) is 5.46. The van der Waals surface area contributed by atoms with Gasteiger partial charge in [-0.1, -0.05) is 57.2 Å². The molecule has 282 valence electrons. The highest BCUT2D eigenvalue weighted by atomic mass is 32.2. The number of ether oxygens (including phenoxy) is 3. The van der Waals surface area contributed by atoms with Crippen LogP contribution in [0.2, 0.25) is 0 Å². The van der Waals surface area contributed by atoms with Crippen LogP contribution in [0, 0.1) is 17.3 Å². The number of methoxy groups -OCH3 is 2. The number of rotatable bonds is 12. The summed E-state index contributed by atoms with van der Waals surface area (Å²) < 4.78 is 44.5. The van der Waals surface area contributed by atoms with Gasteiger partial charge in [-0.15, -0.1) is 6.58 Å². The van der Waals surface area contributed by atoms with Crippen molar-refractivity contribution in [1.29, 1.82) is 0 Å². The van der Waals surface area contributed by atoms with Gasteiger partial charge < -0.3 is 29.7 Å². The first-order chi connectivity index (χ1) is 25.1. The molecular formula is C38H45N5O9S. The lowest BCUT2D eigenvalue weighted by Crippen LogP contribution is -2.56. The Labute approximate surface area is 308 Å². The normalized spacial score (nSPS) is 23.0. The molecule has 2 aliphatic carbocycles. The van der Waals surface area contributed by atoms with E-state index in [9.17, 15) is 27.6 Å². The second-order valence-electron chi connectivity index (χ2n) is 14.9. The first-order valence-electron chi connectivity index (χ1n) is 17.5. The maximum absolute atomic E-state index is 14.4. The van der Waals surface area contributed by atoms with Crippen molar-refractivity contribution in [3.05, 3.63) is 67.3 Å². The molecular weight excluding hydrogens is 703 g/mol. The van der Waals surface area contributed by atoms with E-state index in [0.717, 1.165) is 5.56 Å². The fraction of sp³-hybridized carbons (Fsp3) is 0.447. The van der Waals surface area contributed by atoms with Crippen molar-refractivity contribution in [2.45, 2.75) is 69.5 Å². The van der Waals surface area contributed by atoms with Crippen LogP contribution in [-0.2, 0) is 29.1 Å². The highest BCUT2D eigenvalue weighted by molar-refractivity contribution is 7.91. The second-order valence-corrected chi connectivity index (χ2v) is 16.8. The lowest BCUT2D eigenvalue weighted by Gasteiger charge is -2.35. The Morgan fingerprint density at radius 2 is 1.77 bits per heavy atom. The van der Waals surface area contributed by atoms with Crippen molar-refractivity contribution in [2.24, 2.45) is 17.3 Å². The van der Waals surface area contributed by atoms with Crippen molar-refractivity contribution in [1.82, 2.24) is 25.2 Å². The van der Waals surface area contributed by atoms with Crippen molar-refractivity contribution in [2.75, 3.05) is 20.8 Å². The van der Waals surface area contributed by atoms with Gasteiger partial charge in [0.1, 0.15) is 23.1 Å². The van der Waals surface area contributed by atoms with Gasteiger partial charge in [0.15, 0.2) is 6.23 Å². The number of nitrogens with one attached hydrogen (secondary N) is 3. The summed E-state index contributed by atoms with van der Waals surface area (Å²) in [4.78, 5) is 60.6. The third-order valence-electron chi connectivity index (χ3n) is 10.0. The number of aromatic nitrogens is 1. The van der Waals surface area contributed by atoms with Crippen molar-refractivity contribution >= 4 is 44.7 Å². The highest BCUT2D eigenvalue weighted by Crippen LogP contribution is 2.46. The van der Waals surface area contributed by atoms with E-state index in [4.69, 9.17) is 19.2 Å². The fourth-order valence-corrected chi connectivity index (χ4v) is 8.03. The maximum Gasteiger partial charge on any atom is 0.407 e. The molecule has 2 aromatic carbocycles. The van der Waals surface area contributed by atoms with Crippen LogP contribution in [0.4, 0.5) is 4.79 Å². The number of pyridine rings is 1. The lowest BCUT2D eigenvalue weighted by atomic mass is 9.86. The van der Waals surface area contributed by atoms with Gasteiger partial charge in [0.05, 0.1) is 36.6 Å². The molecule has 3 aliphatic rings. The minimum absolute atomic E-state index is 0.0180. The van der Waals surface area contributed by atoms with Crippen LogP contribution in [0.3, 0.4) is 0 Å². The first-order valence-corrected chi connectivity index (χ1v) is 19.0. The molecule has 3 fully saturated rings. The van der Waals surface area contributed by atoms with Crippen molar-refractivity contribution in [3.8, 4) is 22.8 Å². The Morgan fingerprint density at radius 1 is 1.06 bits per heavy atom. The highest BCUT2D eigenvalue weighted by Gasteiger charge is 2.61. The Morgan fingerprint density at radius 3 is 2.38 bits per heavy atom. The number of sulfonamides is 1. The molecule has 0 bridgehead atoms. The Kier molecular flexibility index (Phi) is 10.2. The SMILES string of the molecule is C=C[C@@H]1C[C@]1(NC(=O)[C@@H]1C[C@H](Oc2cc(-c3ccccc3)nc3cc(OC)ccc23)N(C(=O)[C@@H](NC(=O)OC)C(C)(C)C)C1)C(=O)NS(=O)(=O)C1CC1. The Balaban J connectivity index is 1.35. The predicted octanol–water partition coefficient (Wildman–Crippen LogP) is 3.90. The summed E-state index contributed by atoms with van der Waals surface area (Å²) in [7, 11) is -1.12.